The predicted octanol–water partition coefficient (Wildman–Crippen LogP) is 4.70. The number of hydrogen-bond donors (Lipinski definition) is 1. The summed E-state index contributed by atoms with van der Waals surface area (Å²) in [4.78, 5) is 22.4. The molecular weight excluding hydrogens is 353 g/mol. The molecular formula is C23H24FN3O. The lowest BCUT2D eigenvalue weighted by atomic mass is 9.91. The Hall–Kier alpha value is -2.95. The van der Waals surface area contributed by atoms with Crippen molar-refractivity contribution in [2.24, 2.45) is 5.92 Å². The first-order chi connectivity index (χ1) is 13.7. The van der Waals surface area contributed by atoms with E-state index in [4.69, 9.17) is 0 Å². The summed E-state index contributed by atoms with van der Waals surface area (Å²) in [7, 11) is 0. The van der Waals surface area contributed by atoms with Crippen LogP contribution in [0.2, 0.25) is 0 Å². The van der Waals surface area contributed by atoms with E-state index in [0.717, 1.165) is 55.7 Å². The molecule has 1 aliphatic heterocycles. The minimum Gasteiger partial charge on any atom is -0.345 e. The molecule has 0 aliphatic carbocycles. The summed E-state index contributed by atoms with van der Waals surface area (Å²) < 4.78 is 13.1. The minimum absolute atomic E-state index is 0.0832. The van der Waals surface area contributed by atoms with E-state index >= 15 is 0 Å². The Kier molecular flexibility index (Phi) is 5.51. The average Bonchev–Trinajstić information content (AvgIpc) is 3.28. The Morgan fingerprint density at radius 2 is 2.07 bits per heavy atom. The molecule has 2 heterocycles. The van der Waals surface area contributed by atoms with E-state index in [9.17, 15) is 9.18 Å². The molecule has 0 radical (unpaired) electrons. The van der Waals surface area contributed by atoms with Crippen LogP contribution in [0.4, 0.5) is 4.39 Å². The van der Waals surface area contributed by atoms with Gasteiger partial charge in [-0.1, -0.05) is 24.3 Å². The molecule has 1 aromatic heterocycles. The van der Waals surface area contributed by atoms with E-state index < -0.39 is 0 Å². The zero-order chi connectivity index (χ0) is 19.3. The number of carbonyl (C=O) groups excluding carboxylic acids is 1. The summed E-state index contributed by atoms with van der Waals surface area (Å²) in [6.45, 7) is 1.59. The van der Waals surface area contributed by atoms with Crippen molar-refractivity contribution in [3.05, 3.63) is 77.9 Å². The summed E-state index contributed by atoms with van der Waals surface area (Å²) in [5.74, 6) is 1.14. The van der Waals surface area contributed by atoms with Crippen molar-refractivity contribution in [1.82, 2.24) is 14.9 Å². The van der Waals surface area contributed by atoms with Gasteiger partial charge < -0.3 is 9.88 Å². The Balaban J connectivity index is 1.39. The van der Waals surface area contributed by atoms with Gasteiger partial charge in [-0.3, -0.25) is 4.79 Å². The molecule has 4 rings (SSSR count). The van der Waals surface area contributed by atoms with Crippen LogP contribution in [0.25, 0.3) is 11.4 Å². The van der Waals surface area contributed by atoms with E-state index in [1.807, 2.05) is 41.3 Å². The number of likely N-dealkylation sites (tertiary alicyclic amines) is 1. The summed E-state index contributed by atoms with van der Waals surface area (Å²) in [6.07, 6.45) is 7.58. The van der Waals surface area contributed by atoms with E-state index in [0.29, 0.717) is 11.5 Å². The largest absolute Gasteiger partial charge is 0.345 e. The molecule has 1 amide bonds. The molecule has 1 saturated heterocycles. The lowest BCUT2D eigenvalue weighted by molar-refractivity contribution is 0.0668. The molecule has 5 heteroatoms. The number of imidazole rings is 1. The molecule has 1 N–H and O–H groups in total. The molecule has 1 aliphatic rings. The number of aromatic nitrogens is 2. The smallest absolute Gasteiger partial charge is 0.253 e. The van der Waals surface area contributed by atoms with Crippen LogP contribution in [0, 0.1) is 11.7 Å². The van der Waals surface area contributed by atoms with Crippen LogP contribution in [-0.2, 0) is 6.42 Å². The van der Waals surface area contributed by atoms with Gasteiger partial charge in [-0.05, 0) is 61.4 Å². The number of nitrogens with one attached hydrogen (secondary N) is 1. The second kappa shape index (κ2) is 8.38. The van der Waals surface area contributed by atoms with Crippen molar-refractivity contribution in [2.45, 2.75) is 25.7 Å². The van der Waals surface area contributed by atoms with Gasteiger partial charge in [0, 0.05) is 36.6 Å². The number of hydrogen-bond acceptors (Lipinski definition) is 2. The summed E-state index contributed by atoms with van der Waals surface area (Å²) in [5, 5.41) is 0. The fourth-order valence-electron chi connectivity index (χ4n) is 3.91. The molecule has 0 bridgehead atoms. The highest BCUT2D eigenvalue weighted by molar-refractivity contribution is 5.95. The van der Waals surface area contributed by atoms with E-state index in [-0.39, 0.29) is 11.7 Å². The van der Waals surface area contributed by atoms with E-state index in [1.165, 1.54) is 12.1 Å². The highest BCUT2D eigenvalue weighted by atomic mass is 19.1. The number of benzene rings is 2. The number of piperidine rings is 1. The molecule has 2 aromatic carbocycles. The Labute approximate surface area is 164 Å². The fraction of sp³-hybridized carbons (Fsp3) is 0.304. The molecule has 4 nitrogen and oxygen atoms in total. The van der Waals surface area contributed by atoms with Crippen molar-refractivity contribution in [1.29, 1.82) is 0 Å². The van der Waals surface area contributed by atoms with Crippen LogP contribution in [0.1, 0.15) is 35.2 Å². The maximum atomic E-state index is 13.1. The zero-order valence-electron chi connectivity index (χ0n) is 15.8. The monoisotopic (exact) mass is 377 g/mol. The van der Waals surface area contributed by atoms with Crippen LogP contribution in [-0.4, -0.2) is 33.9 Å². The molecule has 3 aromatic rings. The number of aryl methyl sites for hydroxylation is 1. The highest BCUT2D eigenvalue weighted by Gasteiger charge is 2.24. The predicted molar refractivity (Wildman–Crippen MR) is 107 cm³/mol. The first-order valence-electron chi connectivity index (χ1n) is 9.82. The molecule has 28 heavy (non-hydrogen) atoms. The third-order valence-corrected chi connectivity index (χ3v) is 5.44. The normalized spacial score (nSPS) is 16.9. The van der Waals surface area contributed by atoms with Gasteiger partial charge in [0.25, 0.3) is 5.91 Å². The van der Waals surface area contributed by atoms with Crippen molar-refractivity contribution in [2.75, 3.05) is 13.1 Å². The van der Waals surface area contributed by atoms with Gasteiger partial charge in [0.15, 0.2) is 0 Å². The van der Waals surface area contributed by atoms with Gasteiger partial charge in [0.2, 0.25) is 0 Å². The van der Waals surface area contributed by atoms with Crippen molar-refractivity contribution in [3.63, 3.8) is 0 Å². The zero-order valence-corrected chi connectivity index (χ0v) is 15.8. The number of aromatic amines is 1. The fourth-order valence-corrected chi connectivity index (χ4v) is 3.91. The maximum absolute atomic E-state index is 13.1. The number of nitrogens with zero attached hydrogens (tertiary/aromatic N) is 2. The Morgan fingerprint density at radius 3 is 2.86 bits per heavy atom. The number of halogens is 1. The van der Waals surface area contributed by atoms with Crippen molar-refractivity contribution >= 4 is 5.91 Å². The topological polar surface area (TPSA) is 49.0 Å². The third-order valence-electron chi connectivity index (χ3n) is 5.44. The summed E-state index contributed by atoms with van der Waals surface area (Å²) >= 11 is 0. The number of amides is 1. The molecule has 1 fully saturated rings. The lowest BCUT2D eigenvalue weighted by Crippen LogP contribution is -2.40. The molecule has 0 saturated carbocycles. The van der Waals surface area contributed by atoms with Crippen LogP contribution in [0.5, 0.6) is 0 Å². The van der Waals surface area contributed by atoms with Crippen LogP contribution < -0.4 is 0 Å². The second-order valence-corrected chi connectivity index (χ2v) is 7.44. The SMILES string of the molecule is O=C(c1cccc(-c2ncc[nH]2)c1)N1CCC[C@@H](CCc2ccc(F)cc2)C1. The summed E-state index contributed by atoms with van der Waals surface area (Å²) in [6, 6.07) is 14.4. The van der Waals surface area contributed by atoms with Gasteiger partial charge in [-0.25, -0.2) is 9.37 Å². The molecule has 1 atom stereocenters. The van der Waals surface area contributed by atoms with Gasteiger partial charge in [-0.2, -0.15) is 0 Å². The maximum Gasteiger partial charge on any atom is 0.253 e. The van der Waals surface area contributed by atoms with Gasteiger partial charge in [-0.15, -0.1) is 0 Å². The lowest BCUT2D eigenvalue weighted by Gasteiger charge is -2.33. The average molecular weight is 377 g/mol. The number of H-pyrrole nitrogens is 1. The van der Waals surface area contributed by atoms with Gasteiger partial charge in [0.1, 0.15) is 11.6 Å². The van der Waals surface area contributed by atoms with E-state index in [1.54, 1.807) is 12.4 Å². The standard InChI is InChI=1S/C23H24FN3O/c24-21-10-8-17(9-11-21)6-7-18-3-2-14-27(16-18)23(28)20-5-1-4-19(15-20)22-25-12-13-26-22/h1,4-5,8-13,15,18H,2-3,6-7,14,16H2,(H,25,26)/t18-/m0/s1. The molecule has 144 valence electrons. The number of carbonyl (C=O) groups is 1. The summed E-state index contributed by atoms with van der Waals surface area (Å²) in [5.41, 5.74) is 2.77. The van der Waals surface area contributed by atoms with E-state index in [2.05, 4.69) is 9.97 Å². The van der Waals surface area contributed by atoms with Crippen molar-refractivity contribution in [3.8, 4) is 11.4 Å². The van der Waals surface area contributed by atoms with Crippen LogP contribution >= 0.6 is 0 Å². The minimum atomic E-state index is -0.199. The molecule has 0 unspecified atom stereocenters. The third kappa shape index (κ3) is 4.30. The van der Waals surface area contributed by atoms with Gasteiger partial charge >= 0.3 is 0 Å². The van der Waals surface area contributed by atoms with Crippen LogP contribution in [0.15, 0.2) is 60.9 Å². The molecule has 0 spiro atoms. The van der Waals surface area contributed by atoms with Crippen molar-refractivity contribution < 1.29 is 9.18 Å². The number of rotatable bonds is 5. The van der Waals surface area contributed by atoms with Crippen LogP contribution in [0.3, 0.4) is 0 Å². The highest BCUT2D eigenvalue weighted by Crippen LogP contribution is 2.24. The second-order valence-electron chi connectivity index (χ2n) is 7.44. The first kappa shape index (κ1) is 18.4. The Bertz CT molecular complexity index is 921. The van der Waals surface area contributed by atoms with Gasteiger partial charge in [0.05, 0.1) is 0 Å². The Morgan fingerprint density at radius 1 is 1.21 bits per heavy atom. The quantitative estimate of drug-likeness (QED) is 0.701. The first-order valence-corrected chi connectivity index (χ1v) is 9.82.